The zero-order valence-corrected chi connectivity index (χ0v) is 8.41. The summed E-state index contributed by atoms with van der Waals surface area (Å²) in [6.45, 7) is 1.56. The van der Waals surface area contributed by atoms with Gasteiger partial charge in [0, 0.05) is 5.92 Å². The molecule has 0 radical (unpaired) electrons. The van der Waals surface area contributed by atoms with E-state index in [-0.39, 0.29) is 5.56 Å². The minimum Gasteiger partial charge on any atom is -0.477 e. The number of hydrogen-bond acceptors (Lipinski definition) is 3. The molecule has 2 rings (SSSR count). The van der Waals surface area contributed by atoms with Crippen LogP contribution in [0.25, 0.3) is 0 Å². The van der Waals surface area contributed by atoms with E-state index in [1.54, 1.807) is 6.92 Å². The van der Waals surface area contributed by atoms with Crippen molar-refractivity contribution < 1.29 is 9.90 Å². The third-order valence-corrected chi connectivity index (χ3v) is 2.82. The van der Waals surface area contributed by atoms with Crippen LogP contribution in [0.5, 0.6) is 0 Å². The maximum absolute atomic E-state index is 11.5. The summed E-state index contributed by atoms with van der Waals surface area (Å²) in [5.41, 5.74) is -0.497. The van der Waals surface area contributed by atoms with E-state index in [0.29, 0.717) is 17.4 Å². The number of aromatic carboxylic acids is 1. The molecule has 1 aromatic rings. The van der Waals surface area contributed by atoms with Crippen molar-refractivity contribution >= 4 is 5.97 Å². The van der Waals surface area contributed by atoms with Crippen molar-refractivity contribution in [3.63, 3.8) is 0 Å². The van der Waals surface area contributed by atoms with Crippen molar-refractivity contribution in [2.45, 2.75) is 32.1 Å². The Kier molecular flexibility index (Phi) is 2.30. The molecule has 0 amide bonds. The highest BCUT2D eigenvalue weighted by molar-refractivity contribution is 5.88. The summed E-state index contributed by atoms with van der Waals surface area (Å²) in [4.78, 5) is 28.9. The van der Waals surface area contributed by atoms with Gasteiger partial charge in [0.05, 0.1) is 5.69 Å². The summed E-state index contributed by atoms with van der Waals surface area (Å²) in [5, 5.41) is 8.79. The van der Waals surface area contributed by atoms with Crippen LogP contribution in [-0.4, -0.2) is 21.0 Å². The molecule has 0 aliphatic heterocycles. The SMILES string of the molecule is Cc1nc(C2CCC2)[nH]c(=O)c1C(=O)O. The number of carboxylic acid groups (broad SMARTS) is 1. The van der Waals surface area contributed by atoms with Gasteiger partial charge in [-0.15, -0.1) is 0 Å². The van der Waals surface area contributed by atoms with Crippen LogP contribution in [0.4, 0.5) is 0 Å². The zero-order valence-electron chi connectivity index (χ0n) is 8.41. The zero-order chi connectivity index (χ0) is 11.0. The van der Waals surface area contributed by atoms with Crippen LogP contribution in [0.1, 0.15) is 47.1 Å². The molecule has 0 saturated heterocycles. The van der Waals surface area contributed by atoms with Gasteiger partial charge < -0.3 is 10.1 Å². The van der Waals surface area contributed by atoms with Crippen molar-refractivity contribution in [3.8, 4) is 0 Å². The smallest absolute Gasteiger partial charge is 0.343 e. The molecule has 1 aromatic heterocycles. The Balaban J connectivity index is 2.47. The molecule has 0 spiro atoms. The Morgan fingerprint density at radius 1 is 1.53 bits per heavy atom. The second-order valence-corrected chi connectivity index (χ2v) is 3.84. The summed E-state index contributed by atoms with van der Waals surface area (Å²) < 4.78 is 0. The average Bonchev–Trinajstić information content (AvgIpc) is 1.97. The number of carboxylic acids is 1. The predicted molar refractivity (Wildman–Crippen MR) is 53.1 cm³/mol. The second-order valence-electron chi connectivity index (χ2n) is 3.84. The molecule has 0 unspecified atom stereocenters. The summed E-state index contributed by atoms with van der Waals surface area (Å²) in [6, 6.07) is 0. The topological polar surface area (TPSA) is 83.0 Å². The van der Waals surface area contributed by atoms with Crippen molar-refractivity contribution in [3.05, 3.63) is 27.4 Å². The van der Waals surface area contributed by atoms with E-state index in [2.05, 4.69) is 9.97 Å². The van der Waals surface area contributed by atoms with Gasteiger partial charge in [0.1, 0.15) is 11.4 Å². The average molecular weight is 208 g/mol. The fraction of sp³-hybridized carbons (Fsp3) is 0.500. The Hall–Kier alpha value is -1.65. The van der Waals surface area contributed by atoms with Crippen LogP contribution in [0.2, 0.25) is 0 Å². The first-order valence-corrected chi connectivity index (χ1v) is 4.93. The number of rotatable bonds is 2. The molecule has 5 nitrogen and oxygen atoms in total. The van der Waals surface area contributed by atoms with Gasteiger partial charge in [0.25, 0.3) is 5.56 Å². The highest BCUT2D eigenvalue weighted by Gasteiger charge is 2.24. The van der Waals surface area contributed by atoms with E-state index in [4.69, 9.17) is 5.11 Å². The van der Waals surface area contributed by atoms with E-state index in [1.165, 1.54) is 0 Å². The number of aromatic nitrogens is 2. The Morgan fingerprint density at radius 2 is 2.20 bits per heavy atom. The fourth-order valence-corrected chi connectivity index (χ4v) is 1.73. The van der Waals surface area contributed by atoms with Crippen molar-refractivity contribution in [1.82, 2.24) is 9.97 Å². The van der Waals surface area contributed by atoms with Gasteiger partial charge in [-0.1, -0.05) is 6.42 Å². The maximum atomic E-state index is 11.5. The van der Waals surface area contributed by atoms with E-state index in [1.807, 2.05) is 0 Å². The van der Waals surface area contributed by atoms with Crippen LogP contribution in [0, 0.1) is 6.92 Å². The minimum atomic E-state index is -1.22. The molecule has 1 fully saturated rings. The van der Waals surface area contributed by atoms with Gasteiger partial charge in [-0.3, -0.25) is 4.79 Å². The number of nitrogens with zero attached hydrogens (tertiary/aromatic N) is 1. The largest absolute Gasteiger partial charge is 0.477 e. The van der Waals surface area contributed by atoms with Crippen molar-refractivity contribution in [1.29, 1.82) is 0 Å². The lowest BCUT2D eigenvalue weighted by Gasteiger charge is -2.24. The van der Waals surface area contributed by atoms with E-state index in [9.17, 15) is 9.59 Å². The van der Waals surface area contributed by atoms with Crippen molar-refractivity contribution in [2.75, 3.05) is 0 Å². The monoisotopic (exact) mass is 208 g/mol. The molecular weight excluding hydrogens is 196 g/mol. The number of H-pyrrole nitrogens is 1. The van der Waals surface area contributed by atoms with Gasteiger partial charge in [0.2, 0.25) is 0 Å². The molecule has 1 aliphatic carbocycles. The standard InChI is InChI=1S/C10H12N2O3/c1-5-7(10(14)15)9(13)12-8(11-5)6-3-2-4-6/h6H,2-4H2,1H3,(H,14,15)(H,11,12,13). The molecule has 80 valence electrons. The van der Waals surface area contributed by atoms with E-state index < -0.39 is 11.5 Å². The van der Waals surface area contributed by atoms with Gasteiger partial charge in [-0.2, -0.15) is 0 Å². The summed E-state index contributed by atoms with van der Waals surface area (Å²) in [6.07, 6.45) is 3.19. The van der Waals surface area contributed by atoms with E-state index in [0.717, 1.165) is 19.3 Å². The molecule has 5 heteroatoms. The first kappa shape index (κ1) is 9.89. The number of nitrogens with one attached hydrogen (secondary N) is 1. The molecule has 1 saturated carbocycles. The van der Waals surface area contributed by atoms with Gasteiger partial charge in [-0.05, 0) is 19.8 Å². The van der Waals surface area contributed by atoms with Crippen molar-refractivity contribution in [2.24, 2.45) is 0 Å². The first-order valence-electron chi connectivity index (χ1n) is 4.93. The number of aryl methyl sites for hydroxylation is 1. The Labute approximate surface area is 86.2 Å². The Bertz CT molecular complexity index is 460. The van der Waals surface area contributed by atoms with Crippen LogP contribution in [-0.2, 0) is 0 Å². The third-order valence-electron chi connectivity index (χ3n) is 2.82. The van der Waals surface area contributed by atoms with Gasteiger partial charge >= 0.3 is 5.97 Å². The lowest BCUT2D eigenvalue weighted by atomic mass is 9.85. The molecule has 2 N–H and O–H groups in total. The molecule has 1 aliphatic rings. The van der Waals surface area contributed by atoms with E-state index >= 15 is 0 Å². The van der Waals surface area contributed by atoms with Gasteiger partial charge in [0.15, 0.2) is 0 Å². The molecule has 0 bridgehead atoms. The quantitative estimate of drug-likeness (QED) is 0.760. The van der Waals surface area contributed by atoms with Crippen LogP contribution in [0.3, 0.4) is 0 Å². The normalized spacial score (nSPS) is 16.1. The molecule has 1 heterocycles. The van der Waals surface area contributed by atoms with Crippen LogP contribution in [0.15, 0.2) is 4.79 Å². The lowest BCUT2D eigenvalue weighted by molar-refractivity contribution is 0.0693. The Morgan fingerprint density at radius 3 is 2.60 bits per heavy atom. The number of hydrogen-bond donors (Lipinski definition) is 2. The summed E-state index contributed by atoms with van der Waals surface area (Å²) >= 11 is 0. The second kappa shape index (κ2) is 3.49. The molecule has 15 heavy (non-hydrogen) atoms. The first-order chi connectivity index (χ1) is 7.09. The van der Waals surface area contributed by atoms with Crippen LogP contribution < -0.4 is 5.56 Å². The fourth-order valence-electron chi connectivity index (χ4n) is 1.73. The van der Waals surface area contributed by atoms with Crippen LogP contribution >= 0.6 is 0 Å². The summed E-state index contributed by atoms with van der Waals surface area (Å²) in [7, 11) is 0. The lowest BCUT2D eigenvalue weighted by Crippen LogP contribution is -2.25. The highest BCUT2D eigenvalue weighted by atomic mass is 16.4. The highest BCUT2D eigenvalue weighted by Crippen LogP contribution is 2.33. The number of carbonyl (C=O) groups is 1. The number of aromatic amines is 1. The molecular formula is C10H12N2O3. The maximum Gasteiger partial charge on any atom is 0.343 e. The molecule has 0 aromatic carbocycles. The summed E-state index contributed by atoms with van der Waals surface area (Å²) in [5.74, 6) is -0.283. The van der Waals surface area contributed by atoms with Gasteiger partial charge in [-0.25, -0.2) is 9.78 Å². The third kappa shape index (κ3) is 1.65. The molecule has 0 atom stereocenters. The minimum absolute atomic E-state index is 0.252. The predicted octanol–water partition coefficient (Wildman–Crippen LogP) is 1.04.